The average molecular weight is 370 g/mol. The van der Waals surface area contributed by atoms with Gasteiger partial charge in [0.15, 0.2) is 0 Å². The van der Waals surface area contributed by atoms with Gasteiger partial charge in [0.25, 0.3) is 5.56 Å². The van der Waals surface area contributed by atoms with Crippen LogP contribution in [0.5, 0.6) is 0 Å². The van der Waals surface area contributed by atoms with Crippen molar-refractivity contribution in [3.8, 4) is 10.4 Å². The number of aliphatic hydroxyl groups is 1. The number of nitrogens with one attached hydrogen (secondary N) is 2. The van der Waals surface area contributed by atoms with Crippen LogP contribution in [0.2, 0.25) is 0 Å². The van der Waals surface area contributed by atoms with E-state index in [0.717, 1.165) is 51.7 Å². The van der Waals surface area contributed by atoms with Gasteiger partial charge in [-0.3, -0.25) is 4.79 Å². The summed E-state index contributed by atoms with van der Waals surface area (Å²) in [7, 11) is 1.91. The first-order valence-electron chi connectivity index (χ1n) is 8.77. The summed E-state index contributed by atoms with van der Waals surface area (Å²) in [6.45, 7) is 3.88. The largest absolute Gasteiger partial charge is 0.396 e. The maximum Gasteiger partial charge on any atom is 0.261 e. The third-order valence-electron chi connectivity index (χ3n) is 5.07. The Hall–Kier alpha value is -2.38. The van der Waals surface area contributed by atoms with E-state index in [1.807, 2.05) is 7.05 Å². The van der Waals surface area contributed by atoms with Crippen LogP contribution in [0.1, 0.15) is 12.0 Å². The fraction of sp³-hybridized carbons (Fsp3) is 0.368. The number of hydrogen-bond donors (Lipinski definition) is 3. The maximum absolute atomic E-state index is 12.5. The molecule has 0 spiro atoms. The average Bonchev–Trinajstić information content (AvgIpc) is 3.26. The van der Waals surface area contributed by atoms with Crippen molar-refractivity contribution in [2.45, 2.75) is 13.3 Å². The van der Waals surface area contributed by atoms with E-state index >= 15 is 0 Å². The van der Waals surface area contributed by atoms with E-state index in [9.17, 15) is 9.90 Å². The molecule has 1 atom stereocenters. The molecule has 6 nitrogen and oxygen atoms in total. The normalized spacial score (nSPS) is 17.2. The zero-order chi connectivity index (χ0) is 18.3. The zero-order valence-corrected chi connectivity index (χ0v) is 15.7. The molecule has 7 heteroatoms. The van der Waals surface area contributed by atoms with Gasteiger partial charge < -0.3 is 20.3 Å². The Kier molecular flexibility index (Phi) is 4.42. The topological polar surface area (TPSA) is 81.2 Å². The van der Waals surface area contributed by atoms with Gasteiger partial charge >= 0.3 is 0 Å². The molecule has 1 aliphatic rings. The van der Waals surface area contributed by atoms with Crippen LogP contribution in [0, 0.1) is 12.8 Å². The number of H-pyrrole nitrogens is 1. The number of benzene rings is 1. The van der Waals surface area contributed by atoms with Crippen molar-refractivity contribution in [1.82, 2.24) is 9.97 Å². The Bertz CT molecular complexity index is 1010. The van der Waals surface area contributed by atoms with Crippen molar-refractivity contribution in [3.05, 3.63) is 40.4 Å². The fourth-order valence-corrected chi connectivity index (χ4v) is 4.91. The molecule has 0 amide bonds. The number of aliphatic hydroxyl groups excluding tert-OH is 1. The molecule has 136 valence electrons. The van der Waals surface area contributed by atoms with Gasteiger partial charge in [0.05, 0.1) is 16.7 Å². The molecular weight excluding hydrogens is 348 g/mol. The molecule has 0 aliphatic carbocycles. The summed E-state index contributed by atoms with van der Waals surface area (Å²) in [5, 5.41) is 14.2. The number of fused-ring (bicyclic) bond motifs is 1. The van der Waals surface area contributed by atoms with Gasteiger partial charge in [-0.1, -0.05) is 6.07 Å². The predicted molar refractivity (Wildman–Crippen MR) is 107 cm³/mol. The molecule has 1 aromatic carbocycles. The number of aryl methyl sites for hydroxylation is 1. The molecule has 0 radical (unpaired) electrons. The van der Waals surface area contributed by atoms with E-state index in [4.69, 9.17) is 0 Å². The van der Waals surface area contributed by atoms with Crippen LogP contribution in [-0.2, 0) is 0 Å². The predicted octanol–water partition coefficient (Wildman–Crippen LogP) is 2.82. The van der Waals surface area contributed by atoms with Crippen LogP contribution in [0.25, 0.3) is 21.3 Å². The van der Waals surface area contributed by atoms with Crippen molar-refractivity contribution < 1.29 is 5.11 Å². The van der Waals surface area contributed by atoms with Crippen LogP contribution in [0.4, 0.5) is 10.7 Å². The highest BCUT2D eigenvalue weighted by atomic mass is 32.1. The maximum atomic E-state index is 12.5. The molecule has 2 aromatic heterocycles. The minimum atomic E-state index is -0.108. The molecule has 1 fully saturated rings. The molecule has 3 N–H and O–H groups in total. The standard InChI is InChI=1S/C19H22N4O2S/c1-11-7-13(3-4-14(11)20-2)17-16-15(18(25)22-10-21-16)19(26-17)23-6-5-12(8-23)9-24/h3-4,7,10,12,20,24H,5-6,8-9H2,1-2H3,(H,21,22,25). The third-order valence-corrected chi connectivity index (χ3v) is 6.36. The first-order chi connectivity index (χ1) is 12.6. The van der Waals surface area contributed by atoms with Gasteiger partial charge in [-0.25, -0.2) is 4.98 Å². The summed E-state index contributed by atoms with van der Waals surface area (Å²) in [4.78, 5) is 23.0. The monoisotopic (exact) mass is 370 g/mol. The molecular formula is C19H22N4O2S. The number of hydrogen-bond acceptors (Lipinski definition) is 6. The number of anilines is 2. The molecule has 0 bridgehead atoms. The molecule has 1 unspecified atom stereocenters. The second-order valence-corrected chi connectivity index (χ2v) is 7.75. The molecule has 3 heterocycles. The first-order valence-corrected chi connectivity index (χ1v) is 9.58. The molecule has 0 saturated carbocycles. The van der Waals surface area contributed by atoms with Crippen LogP contribution < -0.4 is 15.8 Å². The SMILES string of the molecule is CNc1ccc(-c2sc(N3CCC(CO)C3)c3c(=O)[nH]cnc23)cc1C. The lowest BCUT2D eigenvalue weighted by atomic mass is 10.1. The van der Waals surface area contributed by atoms with Crippen molar-refractivity contribution in [2.24, 2.45) is 5.92 Å². The molecule has 1 aliphatic heterocycles. The van der Waals surface area contributed by atoms with Crippen molar-refractivity contribution >= 4 is 32.9 Å². The summed E-state index contributed by atoms with van der Waals surface area (Å²) in [6.07, 6.45) is 2.42. The number of aromatic nitrogens is 2. The molecule has 4 rings (SSSR count). The number of aromatic amines is 1. The highest BCUT2D eigenvalue weighted by molar-refractivity contribution is 7.21. The van der Waals surface area contributed by atoms with Gasteiger partial charge in [0, 0.05) is 38.3 Å². The summed E-state index contributed by atoms with van der Waals surface area (Å²) >= 11 is 1.61. The Labute approximate surface area is 155 Å². The van der Waals surface area contributed by atoms with Crippen molar-refractivity contribution in [1.29, 1.82) is 0 Å². The van der Waals surface area contributed by atoms with Gasteiger partial charge in [0.1, 0.15) is 10.4 Å². The van der Waals surface area contributed by atoms with Gasteiger partial charge in [-0.05, 0) is 36.6 Å². The quantitative estimate of drug-likeness (QED) is 0.658. The summed E-state index contributed by atoms with van der Waals surface area (Å²) < 4.78 is 0. The minimum absolute atomic E-state index is 0.108. The Morgan fingerprint density at radius 1 is 1.46 bits per heavy atom. The highest BCUT2D eigenvalue weighted by Gasteiger charge is 2.27. The Morgan fingerprint density at radius 2 is 2.31 bits per heavy atom. The second kappa shape index (κ2) is 6.74. The summed E-state index contributed by atoms with van der Waals surface area (Å²) in [5.41, 5.74) is 3.95. The van der Waals surface area contributed by atoms with Crippen molar-refractivity contribution in [3.63, 3.8) is 0 Å². The Morgan fingerprint density at radius 3 is 3.00 bits per heavy atom. The van der Waals surface area contributed by atoms with Crippen LogP contribution in [0.3, 0.4) is 0 Å². The lowest BCUT2D eigenvalue weighted by Crippen LogP contribution is -2.21. The lowest BCUT2D eigenvalue weighted by Gasteiger charge is -2.16. The van der Waals surface area contributed by atoms with E-state index in [2.05, 4.69) is 45.3 Å². The number of rotatable bonds is 4. The number of nitrogens with zero attached hydrogens (tertiary/aromatic N) is 2. The zero-order valence-electron chi connectivity index (χ0n) is 14.9. The number of thiophene rings is 1. The fourth-order valence-electron chi connectivity index (χ4n) is 3.64. The third kappa shape index (κ3) is 2.77. The molecule has 3 aromatic rings. The summed E-state index contributed by atoms with van der Waals surface area (Å²) in [5.74, 6) is 0.267. The lowest BCUT2D eigenvalue weighted by molar-refractivity contribution is 0.239. The van der Waals surface area contributed by atoms with E-state index in [0.29, 0.717) is 5.39 Å². The summed E-state index contributed by atoms with van der Waals surface area (Å²) in [6, 6.07) is 6.25. The smallest absolute Gasteiger partial charge is 0.261 e. The van der Waals surface area contributed by atoms with E-state index in [1.54, 1.807) is 11.3 Å². The van der Waals surface area contributed by atoms with E-state index < -0.39 is 0 Å². The van der Waals surface area contributed by atoms with E-state index in [1.165, 1.54) is 6.33 Å². The van der Waals surface area contributed by atoms with Crippen LogP contribution in [-0.4, -0.2) is 41.8 Å². The van der Waals surface area contributed by atoms with Crippen LogP contribution in [0.15, 0.2) is 29.3 Å². The van der Waals surface area contributed by atoms with E-state index in [-0.39, 0.29) is 18.1 Å². The molecule has 26 heavy (non-hydrogen) atoms. The van der Waals surface area contributed by atoms with Crippen LogP contribution >= 0.6 is 11.3 Å². The minimum Gasteiger partial charge on any atom is -0.396 e. The molecule has 1 saturated heterocycles. The Balaban J connectivity index is 1.88. The van der Waals surface area contributed by atoms with Gasteiger partial charge in [0.2, 0.25) is 0 Å². The second-order valence-electron chi connectivity index (χ2n) is 6.75. The highest BCUT2D eigenvalue weighted by Crippen LogP contribution is 2.43. The first kappa shape index (κ1) is 17.1. The van der Waals surface area contributed by atoms with Gasteiger partial charge in [-0.2, -0.15) is 0 Å². The van der Waals surface area contributed by atoms with Crippen molar-refractivity contribution in [2.75, 3.05) is 37.0 Å². The van der Waals surface area contributed by atoms with Gasteiger partial charge in [-0.15, -0.1) is 11.3 Å².